The lowest BCUT2D eigenvalue weighted by molar-refractivity contribution is -0.133. The minimum atomic E-state index is -0.226. The number of piperazine rings is 1. The van der Waals surface area contributed by atoms with E-state index in [1.807, 2.05) is 47.4 Å². The lowest BCUT2D eigenvalue weighted by Gasteiger charge is -2.37. The van der Waals surface area contributed by atoms with Crippen molar-refractivity contribution >= 4 is 45.6 Å². The van der Waals surface area contributed by atoms with Crippen molar-refractivity contribution in [2.45, 2.75) is 18.8 Å². The van der Waals surface area contributed by atoms with Crippen molar-refractivity contribution in [3.8, 4) is 0 Å². The molecule has 1 aliphatic carbocycles. The van der Waals surface area contributed by atoms with E-state index in [0.717, 1.165) is 47.2 Å². The van der Waals surface area contributed by atoms with Crippen LogP contribution in [0.3, 0.4) is 0 Å². The number of para-hydroxylation sites is 1. The molecule has 1 fully saturated rings. The van der Waals surface area contributed by atoms with Gasteiger partial charge in [-0.05, 0) is 37.1 Å². The minimum absolute atomic E-state index is 0.133. The van der Waals surface area contributed by atoms with Crippen LogP contribution in [0.2, 0.25) is 5.02 Å². The molecule has 1 N–H and O–H groups in total. The Morgan fingerprint density at radius 2 is 1.72 bits per heavy atom. The highest BCUT2D eigenvalue weighted by atomic mass is 35.5. The number of hydrogen-bond acceptors (Lipinski definition) is 5. The van der Waals surface area contributed by atoms with Crippen LogP contribution in [0.1, 0.15) is 33.3 Å². The largest absolute Gasteiger partial charge is 0.367 e. The Morgan fingerprint density at radius 3 is 2.47 bits per heavy atom. The number of anilines is 2. The number of carbonyl (C=O) groups is 2. The molecule has 2 aliphatic rings. The number of nitrogens with one attached hydrogen (secondary N) is 1. The van der Waals surface area contributed by atoms with Gasteiger partial charge in [-0.2, -0.15) is 0 Å². The standard InChI is InChI=1S/C24H23ClN4O2S/c25-18-8-4-5-9-19(18)28-12-14-29(15-13-28)23(31)17-10-11-20-21(17)26-24(32-20)27-22(30)16-6-2-1-3-7-16/h1-9,17H,10-15H2,(H,26,27,30). The van der Waals surface area contributed by atoms with Crippen LogP contribution < -0.4 is 10.2 Å². The molecule has 2 heterocycles. The normalized spacial score (nSPS) is 17.8. The van der Waals surface area contributed by atoms with Crippen LogP contribution >= 0.6 is 22.9 Å². The molecule has 8 heteroatoms. The van der Waals surface area contributed by atoms with E-state index in [1.54, 1.807) is 12.1 Å². The molecule has 0 spiro atoms. The van der Waals surface area contributed by atoms with Crippen molar-refractivity contribution in [1.29, 1.82) is 0 Å². The van der Waals surface area contributed by atoms with Gasteiger partial charge in [0.1, 0.15) is 0 Å². The molecule has 0 saturated carbocycles. The second kappa shape index (κ2) is 8.92. The van der Waals surface area contributed by atoms with Crippen molar-refractivity contribution in [2.24, 2.45) is 0 Å². The van der Waals surface area contributed by atoms with Gasteiger partial charge >= 0.3 is 0 Å². The quantitative estimate of drug-likeness (QED) is 0.617. The Balaban J connectivity index is 1.23. The first-order valence-corrected chi connectivity index (χ1v) is 11.9. The average molecular weight is 467 g/mol. The third kappa shape index (κ3) is 4.10. The zero-order valence-corrected chi connectivity index (χ0v) is 19.0. The van der Waals surface area contributed by atoms with E-state index in [1.165, 1.54) is 11.3 Å². The minimum Gasteiger partial charge on any atom is -0.367 e. The Hall–Kier alpha value is -2.90. The van der Waals surface area contributed by atoms with Gasteiger partial charge in [0.2, 0.25) is 5.91 Å². The molecular formula is C24H23ClN4O2S. The summed E-state index contributed by atoms with van der Waals surface area (Å²) in [7, 11) is 0. The van der Waals surface area contributed by atoms with Gasteiger partial charge in [0, 0.05) is 36.6 Å². The van der Waals surface area contributed by atoms with Crippen molar-refractivity contribution in [1.82, 2.24) is 9.88 Å². The summed E-state index contributed by atoms with van der Waals surface area (Å²) in [5.74, 6) is -0.277. The van der Waals surface area contributed by atoms with Crippen LogP contribution in [0.25, 0.3) is 0 Å². The van der Waals surface area contributed by atoms with Crippen LogP contribution in [0, 0.1) is 0 Å². The number of carbonyl (C=O) groups excluding carboxylic acids is 2. The summed E-state index contributed by atoms with van der Waals surface area (Å²) < 4.78 is 0. The Morgan fingerprint density at radius 1 is 1.00 bits per heavy atom. The smallest absolute Gasteiger partial charge is 0.257 e. The summed E-state index contributed by atoms with van der Waals surface area (Å²) in [5.41, 5.74) is 2.44. The summed E-state index contributed by atoms with van der Waals surface area (Å²) in [6.07, 6.45) is 1.61. The SMILES string of the molecule is O=C(Nc1nc2c(s1)CCC2C(=O)N1CCN(c2ccccc2Cl)CC1)c1ccccc1. The number of hydrogen-bond donors (Lipinski definition) is 1. The monoisotopic (exact) mass is 466 g/mol. The number of thiazole rings is 1. The van der Waals surface area contributed by atoms with Gasteiger partial charge in [-0.15, -0.1) is 11.3 Å². The van der Waals surface area contributed by atoms with Gasteiger partial charge < -0.3 is 9.80 Å². The number of halogens is 1. The molecule has 2 aromatic carbocycles. The third-order valence-corrected chi connectivity index (χ3v) is 7.42. The molecule has 1 unspecified atom stereocenters. The summed E-state index contributed by atoms with van der Waals surface area (Å²) in [4.78, 5) is 35.6. The topological polar surface area (TPSA) is 65.5 Å². The molecule has 32 heavy (non-hydrogen) atoms. The molecule has 1 atom stereocenters. The second-order valence-corrected chi connectivity index (χ2v) is 9.49. The van der Waals surface area contributed by atoms with Crippen molar-refractivity contribution in [2.75, 3.05) is 36.4 Å². The van der Waals surface area contributed by atoms with E-state index in [-0.39, 0.29) is 17.7 Å². The fraction of sp³-hybridized carbons (Fsp3) is 0.292. The van der Waals surface area contributed by atoms with E-state index in [4.69, 9.17) is 11.6 Å². The van der Waals surface area contributed by atoms with Gasteiger partial charge in [-0.25, -0.2) is 4.98 Å². The lowest BCUT2D eigenvalue weighted by atomic mass is 10.1. The van der Waals surface area contributed by atoms with Crippen molar-refractivity contribution in [3.05, 3.63) is 75.8 Å². The maximum atomic E-state index is 13.3. The molecule has 6 nitrogen and oxygen atoms in total. The van der Waals surface area contributed by atoms with Crippen LogP contribution in [0.4, 0.5) is 10.8 Å². The summed E-state index contributed by atoms with van der Waals surface area (Å²) in [5, 5.41) is 4.18. The van der Waals surface area contributed by atoms with Gasteiger partial charge in [-0.3, -0.25) is 14.9 Å². The van der Waals surface area contributed by atoms with E-state index < -0.39 is 0 Å². The highest BCUT2D eigenvalue weighted by Crippen LogP contribution is 2.39. The third-order valence-electron chi connectivity index (χ3n) is 6.06. The zero-order chi connectivity index (χ0) is 22.1. The van der Waals surface area contributed by atoms with Crippen LogP contribution in [-0.4, -0.2) is 47.9 Å². The molecule has 2 amide bonds. The number of rotatable bonds is 4. The van der Waals surface area contributed by atoms with Gasteiger partial charge in [-0.1, -0.05) is 41.9 Å². The van der Waals surface area contributed by atoms with E-state index in [0.29, 0.717) is 23.8 Å². The van der Waals surface area contributed by atoms with Crippen LogP contribution in [0.15, 0.2) is 54.6 Å². The number of aryl methyl sites for hydroxylation is 1. The highest BCUT2D eigenvalue weighted by Gasteiger charge is 2.36. The van der Waals surface area contributed by atoms with E-state index in [9.17, 15) is 9.59 Å². The maximum absolute atomic E-state index is 13.3. The lowest BCUT2D eigenvalue weighted by Crippen LogP contribution is -2.50. The van der Waals surface area contributed by atoms with E-state index >= 15 is 0 Å². The number of fused-ring (bicyclic) bond motifs is 1. The number of aromatic nitrogens is 1. The Kier molecular flexibility index (Phi) is 5.85. The number of nitrogens with zero attached hydrogens (tertiary/aromatic N) is 3. The maximum Gasteiger partial charge on any atom is 0.257 e. The second-order valence-electron chi connectivity index (χ2n) is 8.00. The Bertz CT molecular complexity index is 1140. The summed E-state index contributed by atoms with van der Waals surface area (Å²) in [6, 6.07) is 16.9. The van der Waals surface area contributed by atoms with Crippen LogP contribution in [-0.2, 0) is 11.2 Å². The summed E-state index contributed by atoms with van der Waals surface area (Å²) >= 11 is 7.81. The molecule has 1 saturated heterocycles. The Labute approximate surface area is 195 Å². The number of amides is 2. The first-order chi connectivity index (χ1) is 15.6. The molecule has 3 aromatic rings. The highest BCUT2D eigenvalue weighted by molar-refractivity contribution is 7.16. The van der Waals surface area contributed by atoms with Crippen molar-refractivity contribution in [3.63, 3.8) is 0 Å². The fourth-order valence-electron chi connectivity index (χ4n) is 4.38. The number of benzene rings is 2. The molecule has 0 bridgehead atoms. The van der Waals surface area contributed by atoms with Gasteiger partial charge in [0.05, 0.1) is 22.3 Å². The average Bonchev–Trinajstić information content (AvgIpc) is 3.40. The first kappa shape index (κ1) is 21.0. The molecule has 1 aromatic heterocycles. The molecular weight excluding hydrogens is 444 g/mol. The first-order valence-electron chi connectivity index (χ1n) is 10.7. The van der Waals surface area contributed by atoms with Gasteiger partial charge in [0.15, 0.2) is 5.13 Å². The summed E-state index contributed by atoms with van der Waals surface area (Å²) in [6.45, 7) is 2.84. The molecule has 0 radical (unpaired) electrons. The molecule has 1 aliphatic heterocycles. The van der Waals surface area contributed by atoms with E-state index in [2.05, 4.69) is 15.2 Å². The predicted octanol–water partition coefficient (Wildman–Crippen LogP) is 4.43. The van der Waals surface area contributed by atoms with Crippen molar-refractivity contribution < 1.29 is 9.59 Å². The molecule has 5 rings (SSSR count). The zero-order valence-electron chi connectivity index (χ0n) is 17.5. The van der Waals surface area contributed by atoms with Gasteiger partial charge in [0.25, 0.3) is 5.91 Å². The predicted molar refractivity (Wildman–Crippen MR) is 128 cm³/mol. The van der Waals surface area contributed by atoms with Crippen LogP contribution in [0.5, 0.6) is 0 Å². The molecule has 164 valence electrons. The fourth-order valence-corrected chi connectivity index (χ4v) is 5.66.